The number of thiophene rings is 1. The largest absolute Gasteiger partial charge is 0.143 e. The number of hydrogen-bond donors (Lipinski definition) is 0. The molecule has 0 nitrogen and oxygen atoms in total. The molecule has 3 heteroatoms. The minimum Gasteiger partial charge on any atom is -0.143 e. The summed E-state index contributed by atoms with van der Waals surface area (Å²) in [5.74, 6) is 0. The molecule has 0 aliphatic rings. The first-order valence-corrected chi connectivity index (χ1v) is 8.14. The minimum absolute atomic E-state index is 0.103. The summed E-state index contributed by atoms with van der Waals surface area (Å²) in [4.78, 5) is 0. The van der Waals surface area contributed by atoms with Crippen LogP contribution in [0.15, 0.2) is 52.3 Å². The Bertz CT molecular complexity index is 732. The molecule has 0 fully saturated rings. The lowest BCUT2D eigenvalue weighted by Gasteiger charge is -2.13. The van der Waals surface area contributed by atoms with Crippen LogP contribution < -0.4 is 0 Å². The summed E-state index contributed by atoms with van der Waals surface area (Å²) in [7, 11) is 0. The van der Waals surface area contributed by atoms with Crippen LogP contribution in [0.3, 0.4) is 0 Å². The molecule has 0 bridgehead atoms. The molecule has 1 aromatic heterocycles. The van der Waals surface area contributed by atoms with E-state index in [1.165, 1.54) is 26.8 Å². The van der Waals surface area contributed by atoms with Crippen molar-refractivity contribution in [3.63, 3.8) is 0 Å². The molecule has 3 aromatic rings. The van der Waals surface area contributed by atoms with Gasteiger partial charge in [0.05, 0.1) is 5.38 Å². The van der Waals surface area contributed by atoms with Crippen molar-refractivity contribution in [3.05, 3.63) is 69.0 Å². The van der Waals surface area contributed by atoms with Crippen LogP contribution in [0.2, 0.25) is 0 Å². The smallest absolute Gasteiger partial charge is 0.0852 e. The minimum atomic E-state index is -0.103. The Morgan fingerprint density at radius 2 is 1.84 bits per heavy atom. The molecule has 0 N–H and O–H groups in total. The standard InChI is InChI=1S/C16H12BrClS/c1-10-11(6-4-7-14(10)17)16(18)13-9-19-15-8-3-2-5-12(13)15/h2-9,16H,1H3. The molecule has 3 rings (SSSR count). The number of halogens is 2. The van der Waals surface area contributed by atoms with Crippen LogP contribution in [0.1, 0.15) is 22.1 Å². The predicted molar refractivity (Wildman–Crippen MR) is 88.4 cm³/mol. The highest BCUT2D eigenvalue weighted by atomic mass is 79.9. The maximum absolute atomic E-state index is 6.72. The van der Waals surface area contributed by atoms with E-state index in [1.807, 2.05) is 12.1 Å². The maximum Gasteiger partial charge on any atom is 0.0852 e. The van der Waals surface area contributed by atoms with Crippen LogP contribution in [0.25, 0.3) is 10.1 Å². The Balaban J connectivity index is 2.13. The van der Waals surface area contributed by atoms with Gasteiger partial charge in [-0.05, 0) is 46.5 Å². The molecule has 1 heterocycles. The summed E-state index contributed by atoms with van der Waals surface area (Å²) in [5, 5.41) is 3.32. The molecule has 0 radical (unpaired) electrons. The lowest BCUT2D eigenvalue weighted by Crippen LogP contribution is -1.96. The van der Waals surface area contributed by atoms with E-state index in [9.17, 15) is 0 Å². The molecule has 96 valence electrons. The van der Waals surface area contributed by atoms with Crippen molar-refractivity contribution in [1.29, 1.82) is 0 Å². The Hall–Kier alpha value is -0.830. The number of alkyl halides is 1. The van der Waals surface area contributed by atoms with Crippen molar-refractivity contribution in [2.24, 2.45) is 0 Å². The third-order valence-electron chi connectivity index (χ3n) is 3.37. The number of fused-ring (bicyclic) bond motifs is 1. The highest BCUT2D eigenvalue weighted by molar-refractivity contribution is 9.10. The predicted octanol–water partition coefficient (Wildman–Crippen LogP) is 6.30. The van der Waals surface area contributed by atoms with E-state index in [4.69, 9.17) is 11.6 Å². The third-order valence-corrected chi connectivity index (χ3v) is 5.68. The summed E-state index contributed by atoms with van der Waals surface area (Å²) in [6.45, 7) is 2.10. The summed E-state index contributed by atoms with van der Waals surface area (Å²) in [5.41, 5.74) is 3.57. The summed E-state index contributed by atoms with van der Waals surface area (Å²) < 4.78 is 2.39. The zero-order valence-electron chi connectivity index (χ0n) is 10.4. The molecular weight excluding hydrogens is 340 g/mol. The van der Waals surface area contributed by atoms with Gasteiger partial charge in [-0.1, -0.05) is 46.3 Å². The quantitative estimate of drug-likeness (QED) is 0.475. The average Bonchev–Trinajstić information content (AvgIpc) is 2.85. The topological polar surface area (TPSA) is 0 Å². The van der Waals surface area contributed by atoms with Crippen LogP contribution >= 0.6 is 38.9 Å². The average molecular weight is 352 g/mol. The van der Waals surface area contributed by atoms with Crippen LogP contribution in [0.4, 0.5) is 0 Å². The van der Waals surface area contributed by atoms with Gasteiger partial charge in [-0.25, -0.2) is 0 Å². The van der Waals surface area contributed by atoms with E-state index in [0.717, 1.165) is 4.47 Å². The Labute approximate surface area is 130 Å². The lowest BCUT2D eigenvalue weighted by molar-refractivity contribution is 1.13. The van der Waals surface area contributed by atoms with Gasteiger partial charge in [0.25, 0.3) is 0 Å². The molecule has 0 spiro atoms. The second-order valence-electron chi connectivity index (χ2n) is 4.50. The van der Waals surface area contributed by atoms with Crippen LogP contribution in [0.5, 0.6) is 0 Å². The Kier molecular flexibility index (Phi) is 3.66. The SMILES string of the molecule is Cc1c(Br)cccc1C(Cl)c1csc2ccccc12. The number of hydrogen-bond acceptors (Lipinski definition) is 1. The van der Waals surface area contributed by atoms with E-state index < -0.39 is 0 Å². The second kappa shape index (κ2) is 5.28. The van der Waals surface area contributed by atoms with Crippen LogP contribution in [-0.4, -0.2) is 0 Å². The molecule has 0 saturated heterocycles. The Morgan fingerprint density at radius 3 is 2.68 bits per heavy atom. The molecule has 0 amide bonds. The van der Waals surface area contributed by atoms with Gasteiger partial charge in [0, 0.05) is 9.17 Å². The Morgan fingerprint density at radius 1 is 1.05 bits per heavy atom. The zero-order valence-corrected chi connectivity index (χ0v) is 13.5. The van der Waals surface area contributed by atoms with Gasteiger partial charge in [0.2, 0.25) is 0 Å². The fraction of sp³-hybridized carbons (Fsp3) is 0.125. The van der Waals surface area contributed by atoms with Gasteiger partial charge in [-0.15, -0.1) is 22.9 Å². The van der Waals surface area contributed by atoms with Gasteiger partial charge in [-0.2, -0.15) is 0 Å². The summed E-state index contributed by atoms with van der Waals surface area (Å²) >= 11 is 12.0. The first-order chi connectivity index (χ1) is 9.18. The van der Waals surface area contributed by atoms with Crippen molar-refractivity contribution in [2.45, 2.75) is 12.3 Å². The molecule has 0 aliphatic heterocycles. The fourth-order valence-electron chi connectivity index (χ4n) is 2.26. The normalized spacial score (nSPS) is 12.8. The van der Waals surface area contributed by atoms with Crippen LogP contribution in [0, 0.1) is 6.92 Å². The maximum atomic E-state index is 6.72. The molecular formula is C16H12BrClS. The molecule has 1 atom stereocenters. The van der Waals surface area contributed by atoms with Gasteiger partial charge in [-0.3, -0.25) is 0 Å². The summed E-state index contributed by atoms with van der Waals surface area (Å²) in [6.07, 6.45) is 0. The fourth-order valence-corrected chi connectivity index (χ4v) is 4.12. The molecule has 0 saturated carbocycles. The second-order valence-corrected chi connectivity index (χ2v) is 6.71. The summed E-state index contributed by atoms with van der Waals surface area (Å²) in [6, 6.07) is 14.6. The van der Waals surface area contributed by atoms with Crippen molar-refractivity contribution in [2.75, 3.05) is 0 Å². The first-order valence-electron chi connectivity index (χ1n) is 6.03. The molecule has 1 unspecified atom stereocenters. The van der Waals surface area contributed by atoms with E-state index >= 15 is 0 Å². The highest BCUT2D eigenvalue weighted by Gasteiger charge is 2.17. The van der Waals surface area contributed by atoms with Crippen molar-refractivity contribution >= 4 is 49.0 Å². The van der Waals surface area contributed by atoms with Crippen LogP contribution in [-0.2, 0) is 0 Å². The number of benzene rings is 2. The van der Waals surface area contributed by atoms with Gasteiger partial charge in [0.1, 0.15) is 0 Å². The third kappa shape index (κ3) is 2.33. The molecule has 0 aliphatic carbocycles. The monoisotopic (exact) mass is 350 g/mol. The van der Waals surface area contributed by atoms with Gasteiger partial charge < -0.3 is 0 Å². The van der Waals surface area contributed by atoms with Gasteiger partial charge >= 0.3 is 0 Å². The van der Waals surface area contributed by atoms with E-state index in [0.29, 0.717) is 0 Å². The van der Waals surface area contributed by atoms with Gasteiger partial charge in [0.15, 0.2) is 0 Å². The van der Waals surface area contributed by atoms with Crippen molar-refractivity contribution < 1.29 is 0 Å². The van der Waals surface area contributed by atoms with Crippen molar-refractivity contribution in [1.82, 2.24) is 0 Å². The lowest BCUT2D eigenvalue weighted by atomic mass is 10.00. The molecule has 19 heavy (non-hydrogen) atoms. The zero-order chi connectivity index (χ0) is 13.4. The highest BCUT2D eigenvalue weighted by Crippen LogP contribution is 2.39. The first kappa shape index (κ1) is 13.2. The van der Waals surface area contributed by atoms with E-state index in [2.05, 4.69) is 58.6 Å². The van der Waals surface area contributed by atoms with E-state index in [1.54, 1.807) is 11.3 Å². The number of rotatable bonds is 2. The molecule has 2 aromatic carbocycles. The van der Waals surface area contributed by atoms with Crippen molar-refractivity contribution in [3.8, 4) is 0 Å². The van der Waals surface area contributed by atoms with E-state index in [-0.39, 0.29) is 5.38 Å².